The van der Waals surface area contributed by atoms with Crippen LogP contribution < -0.4 is 20.2 Å². The molecular weight excluding hydrogens is 521 g/mol. The van der Waals surface area contributed by atoms with Gasteiger partial charge in [0.1, 0.15) is 0 Å². The standard InChI is InChI=1S/C24H22IN3O4/c1-16-6-5-7-18(12-16)26-15-23(29)28-27-14-17-10-11-21(22(13-17)31-2)32-24(30)19-8-3-4-9-20(19)25/h3-14,26H,15H2,1-2H3,(H,28,29)/b27-14+. The monoisotopic (exact) mass is 543 g/mol. The Labute approximate surface area is 200 Å². The van der Waals surface area contributed by atoms with E-state index in [9.17, 15) is 9.59 Å². The molecule has 3 aromatic carbocycles. The Bertz CT molecular complexity index is 1150. The van der Waals surface area contributed by atoms with E-state index in [1.165, 1.54) is 13.3 Å². The quantitative estimate of drug-likeness (QED) is 0.145. The van der Waals surface area contributed by atoms with E-state index in [0.717, 1.165) is 14.8 Å². The zero-order valence-electron chi connectivity index (χ0n) is 17.6. The van der Waals surface area contributed by atoms with E-state index < -0.39 is 5.97 Å². The van der Waals surface area contributed by atoms with Crippen LogP contribution in [0.5, 0.6) is 11.5 Å². The predicted molar refractivity (Wildman–Crippen MR) is 133 cm³/mol. The van der Waals surface area contributed by atoms with E-state index in [-0.39, 0.29) is 12.5 Å². The molecule has 3 rings (SSSR count). The van der Waals surface area contributed by atoms with Gasteiger partial charge in [0.05, 0.1) is 25.4 Å². The fourth-order valence-electron chi connectivity index (χ4n) is 2.79. The summed E-state index contributed by atoms with van der Waals surface area (Å²) >= 11 is 2.08. The highest BCUT2D eigenvalue weighted by molar-refractivity contribution is 14.1. The van der Waals surface area contributed by atoms with Crippen molar-refractivity contribution in [2.75, 3.05) is 19.0 Å². The molecule has 3 aromatic rings. The molecule has 2 N–H and O–H groups in total. The van der Waals surface area contributed by atoms with Gasteiger partial charge < -0.3 is 14.8 Å². The lowest BCUT2D eigenvalue weighted by atomic mass is 10.2. The zero-order chi connectivity index (χ0) is 22.9. The van der Waals surface area contributed by atoms with E-state index in [2.05, 4.69) is 38.4 Å². The molecule has 0 heterocycles. The number of rotatable bonds is 8. The number of amides is 1. The maximum Gasteiger partial charge on any atom is 0.344 e. The van der Waals surface area contributed by atoms with Crippen LogP contribution in [0.3, 0.4) is 0 Å². The summed E-state index contributed by atoms with van der Waals surface area (Å²) in [7, 11) is 1.48. The summed E-state index contributed by atoms with van der Waals surface area (Å²) in [6.07, 6.45) is 1.48. The Hall–Kier alpha value is -3.40. The molecule has 0 atom stereocenters. The van der Waals surface area contributed by atoms with Crippen LogP contribution in [0.15, 0.2) is 71.8 Å². The zero-order valence-corrected chi connectivity index (χ0v) is 19.8. The number of carbonyl (C=O) groups excluding carboxylic acids is 2. The molecule has 32 heavy (non-hydrogen) atoms. The van der Waals surface area contributed by atoms with Crippen molar-refractivity contribution in [2.45, 2.75) is 6.92 Å². The van der Waals surface area contributed by atoms with Crippen molar-refractivity contribution in [3.8, 4) is 11.5 Å². The molecule has 0 saturated heterocycles. The first kappa shape index (κ1) is 23.3. The minimum Gasteiger partial charge on any atom is -0.493 e. The van der Waals surface area contributed by atoms with Crippen molar-refractivity contribution in [3.05, 3.63) is 87.0 Å². The Balaban J connectivity index is 1.58. The smallest absolute Gasteiger partial charge is 0.344 e. The van der Waals surface area contributed by atoms with Crippen LogP contribution in [-0.4, -0.2) is 31.7 Å². The van der Waals surface area contributed by atoms with Crippen LogP contribution in [0.25, 0.3) is 0 Å². The van der Waals surface area contributed by atoms with Crippen LogP contribution in [0.2, 0.25) is 0 Å². The van der Waals surface area contributed by atoms with Gasteiger partial charge in [-0.3, -0.25) is 4.79 Å². The van der Waals surface area contributed by atoms with Crippen LogP contribution in [0, 0.1) is 10.5 Å². The maximum atomic E-state index is 12.5. The Morgan fingerprint density at radius 3 is 2.59 bits per heavy atom. The van der Waals surface area contributed by atoms with Crippen molar-refractivity contribution in [1.29, 1.82) is 0 Å². The number of nitrogens with one attached hydrogen (secondary N) is 2. The summed E-state index contributed by atoms with van der Waals surface area (Å²) in [6.45, 7) is 2.08. The first-order valence-corrected chi connectivity index (χ1v) is 10.8. The summed E-state index contributed by atoms with van der Waals surface area (Å²) in [5.41, 5.74) is 5.58. The molecule has 0 unspecified atom stereocenters. The third-order valence-corrected chi connectivity index (χ3v) is 5.30. The molecule has 7 nitrogen and oxygen atoms in total. The number of anilines is 1. The van der Waals surface area contributed by atoms with Crippen LogP contribution in [0.1, 0.15) is 21.5 Å². The first-order valence-electron chi connectivity index (χ1n) is 9.73. The second-order valence-electron chi connectivity index (χ2n) is 6.80. The predicted octanol–water partition coefficient (Wildman–Crippen LogP) is 4.39. The fourth-order valence-corrected chi connectivity index (χ4v) is 3.39. The van der Waals surface area contributed by atoms with Crippen molar-refractivity contribution in [1.82, 2.24) is 5.43 Å². The molecule has 0 bridgehead atoms. The van der Waals surface area contributed by atoms with Gasteiger partial charge >= 0.3 is 5.97 Å². The normalized spacial score (nSPS) is 10.6. The Morgan fingerprint density at radius 1 is 1.03 bits per heavy atom. The molecule has 0 fully saturated rings. The number of carbonyl (C=O) groups is 2. The highest BCUT2D eigenvalue weighted by Gasteiger charge is 2.15. The van der Waals surface area contributed by atoms with E-state index in [1.807, 2.05) is 43.3 Å². The summed E-state index contributed by atoms with van der Waals surface area (Å²) in [4.78, 5) is 24.4. The molecule has 0 saturated carbocycles. The van der Waals surface area contributed by atoms with Gasteiger partial charge in [-0.05, 0) is 83.1 Å². The van der Waals surface area contributed by atoms with Gasteiger partial charge in [0, 0.05) is 9.26 Å². The number of methoxy groups -OCH3 is 1. The molecule has 0 radical (unpaired) electrons. The summed E-state index contributed by atoms with van der Waals surface area (Å²) < 4.78 is 11.6. The topological polar surface area (TPSA) is 89.0 Å². The molecular formula is C24H22IN3O4. The minimum absolute atomic E-state index is 0.0945. The Morgan fingerprint density at radius 2 is 1.84 bits per heavy atom. The van der Waals surface area contributed by atoms with Gasteiger partial charge in [-0.2, -0.15) is 5.10 Å². The summed E-state index contributed by atoms with van der Waals surface area (Å²) in [6, 6.07) is 19.9. The first-order chi connectivity index (χ1) is 15.5. The van der Waals surface area contributed by atoms with Gasteiger partial charge in [-0.15, -0.1) is 0 Å². The van der Waals surface area contributed by atoms with Crippen molar-refractivity contribution < 1.29 is 19.1 Å². The molecule has 0 aliphatic heterocycles. The number of hydrazone groups is 1. The lowest BCUT2D eigenvalue weighted by Gasteiger charge is -2.10. The van der Waals surface area contributed by atoms with Crippen molar-refractivity contribution >= 4 is 46.4 Å². The van der Waals surface area contributed by atoms with Gasteiger partial charge in [0.2, 0.25) is 0 Å². The fraction of sp³-hybridized carbons (Fsp3) is 0.125. The molecule has 164 valence electrons. The number of aryl methyl sites for hydroxylation is 1. The number of benzene rings is 3. The van der Waals surface area contributed by atoms with Gasteiger partial charge in [0.15, 0.2) is 11.5 Å². The lowest BCUT2D eigenvalue weighted by molar-refractivity contribution is -0.119. The van der Waals surface area contributed by atoms with Gasteiger partial charge in [-0.1, -0.05) is 24.3 Å². The highest BCUT2D eigenvalue weighted by atomic mass is 127. The second-order valence-corrected chi connectivity index (χ2v) is 7.96. The summed E-state index contributed by atoms with van der Waals surface area (Å²) in [5, 5.41) is 7.01. The number of ether oxygens (including phenoxy) is 2. The molecule has 0 aromatic heterocycles. The number of hydrogen-bond donors (Lipinski definition) is 2. The second kappa shape index (κ2) is 11.3. The summed E-state index contributed by atoms with van der Waals surface area (Å²) in [5.74, 6) is -0.0813. The van der Waals surface area contributed by atoms with Gasteiger partial charge in [-0.25, -0.2) is 10.2 Å². The average molecular weight is 543 g/mol. The van der Waals surface area contributed by atoms with Crippen LogP contribution >= 0.6 is 22.6 Å². The van der Waals surface area contributed by atoms with E-state index >= 15 is 0 Å². The number of esters is 1. The van der Waals surface area contributed by atoms with Crippen molar-refractivity contribution in [2.24, 2.45) is 5.10 Å². The third kappa shape index (κ3) is 6.55. The molecule has 0 spiro atoms. The number of halogens is 1. The lowest BCUT2D eigenvalue weighted by Crippen LogP contribution is -2.25. The number of hydrogen-bond acceptors (Lipinski definition) is 6. The number of nitrogens with zero attached hydrogens (tertiary/aromatic N) is 1. The largest absolute Gasteiger partial charge is 0.493 e. The van der Waals surface area contributed by atoms with Crippen LogP contribution in [0.4, 0.5) is 5.69 Å². The molecule has 1 amide bonds. The van der Waals surface area contributed by atoms with E-state index in [4.69, 9.17) is 9.47 Å². The SMILES string of the molecule is COc1cc(/C=N/NC(=O)CNc2cccc(C)c2)ccc1OC(=O)c1ccccc1I. The van der Waals surface area contributed by atoms with Crippen LogP contribution in [-0.2, 0) is 4.79 Å². The average Bonchev–Trinajstić information content (AvgIpc) is 2.79. The molecule has 0 aliphatic rings. The van der Waals surface area contributed by atoms with Gasteiger partial charge in [0.25, 0.3) is 5.91 Å². The minimum atomic E-state index is -0.469. The molecule has 8 heteroatoms. The third-order valence-electron chi connectivity index (χ3n) is 4.36. The van der Waals surface area contributed by atoms with E-state index in [1.54, 1.807) is 30.3 Å². The Kier molecular flexibility index (Phi) is 8.20. The maximum absolute atomic E-state index is 12.5. The van der Waals surface area contributed by atoms with E-state index in [0.29, 0.717) is 22.6 Å². The highest BCUT2D eigenvalue weighted by Crippen LogP contribution is 2.29. The molecule has 0 aliphatic carbocycles. The van der Waals surface area contributed by atoms with Crippen molar-refractivity contribution in [3.63, 3.8) is 0 Å².